The number of benzene rings is 2. The van der Waals surface area contributed by atoms with Crippen LogP contribution in [-0.4, -0.2) is 9.97 Å². The molecule has 4 heterocycles. The molecule has 6 rings (SSSR count). The number of hydrogen-bond acceptors (Lipinski definition) is 4. The van der Waals surface area contributed by atoms with Gasteiger partial charge in [0, 0.05) is 45.2 Å². The number of para-hydroxylation sites is 1. The normalized spacial score (nSPS) is 12.3. The van der Waals surface area contributed by atoms with E-state index in [0.717, 1.165) is 55.6 Å². The fraction of sp³-hybridized carbons (Fsp3) is 0.226. The molecule has 2 aromatic carbocycles. The molecule has 4 heteroatoms. The maximum atomic E-state index is 6.41. The summed E-state index contributed by atoms with van der Waals surface area (Å²) in [5.41, 5.74) is 9.96. The Morgan fingerprint density at radius 2 is 1.57 bits per heavy atom. The molecule has 0 radical (unpaired) electrons. The predicted octanol–water partition coefficient (Wildman–Crippen LogP) is 8.68. The lowest BCUT2D eigenvalue weighted by Crippen LogP contribution is -2.12. The first-order chi connectivity index (χ1) is 16.7. The van der Waals surface area contributed by atoms with Crippen LogP contribution in [0.25, 0.3) is 55.6 Å². The number of pyridine rings is 2. The van der Waals surface area contributed by atoms with E-state index < -0.39 is 0 Å². The molecule has 0 atom stereocenters. The van der Waals surface area contributed by atoms with E-state index in [9.17, 15) is 0 Å². The summed E-state index contributed by atoms with van der Waals surface area (Å²) in [7, 11) is 0. The number of aryl methyl sites for hydroxylation is 3. The summed E-state index contributed by atoms with van der Waals surface area (Å²) in [4.78, 5) is 9.34. The molecule has 6 aromatic rings. The van der Waals surface area contributed by atoms with Crippen LogP contribution in [0, 0.1) is 20.8 Å². The Labute approximate surface area is 204 Å². The predicted molar refractivity (Wildman–Crippen MR) is 143 cm³/mol. The van der Waals surface area contributed by atoms with Gasteiger partial charge in [-0.15, -0.1) is 0 Å². The zero-order chi connectivity index (χ0) is 24.5. The fourth-order valence-electron chi connectivity index (χ4n) is 4.96. The Bertz CT molecular complexity index is 1740. The van der Waals surface area contributed by atoms with Gasteiger partial charge in [0.2, 0.25) is 5.71 Å². The lowest BCUT2D eigenvalue weighted by molar-refractivity contribution is 0.588. The van der Waals surface area contributed by atoms with E-state index in [0.29, 0.717) is 5.71 Å². The van der Waals surface area contributed by atoms with Gasteiger partial charge in [0.05, 0.1) is 5.69 Å². The first kappa shape index (κ1) is 21.6. The van der Waals surface area contributed by atoms with Gasteiger partial charge in [-0.3, -0.25) is 4.98 Å². The first-order valence-corrected chi connectivity index (χ1v) is 12.0. The van der Waals surface area contributed by atoms with E-state index in [2.05, 4.69) is 69.9 Å². The Morgan fingerprint density at radius 1 is 0.800 bits per heavy atom. The number of rotatable bonds is 2. The van der Waals surface area contributed by atoms with Crippen molar-refractivity contribution in [2.24, 2.45) is 0 Å². The van der Waals surface area contributed by atoms with E-state index in [4.69, 9.17) is 13.8 Å². The highest BCUT2D eigenvalue weighted by Gasteiger charge is 2.20. The van der Waals surface area contributed by atoms with Crippen molar-refractivity contribution in [2.75, 3.05) is 0 Å². The minimum absolute atomic E-state index is 0.104. The summed E-state index contributed by atoms with van der Waals surface area (Å²) in [6, 6.07) is 18.9. The molecule has 0 spiro atoms. The van der Waals surface area contributed by atoms with Crippen LogP contribution >= 0.6 is 0 Å². The van der Waals surface area contributed by atoms with Gasteiger partial charge in [-0.05, 0) is 67.1 Å². The number of hydrogen-bond donors (Lipinski definition) is 0. The molecule has 0 amide bonds. The Morgan fingerprint density at radius 3 is 2.31 bits per heavy atom. The standard InChI is InChI=1S/C31H28N2O2/c1-17-12-21(31(4,5)6)13-18(2)28(17)27-14-20-16-32-25(15-26(20)34-27)24-9-7-8-22-23-11-10-19(3)33-30(23)35-29(22)24/h7-16H,1-6H3. The van der Waals surface area contributed by atoms with Crippen LogP contribution in [-0.2, 0) is 5.41 Å². The third-order valence-corrected chi connectivity index (χ3v) is 6.83. The van der Waals surface area contributed by atoms with E-state index in [-0.39, 0.29) is 5.41 Å². The van der Waals surface area contributed by atoms with Crippen molar-refractivity contribution >= 4 is 33.0 Å². The average Bonchev–Trinajstić information content (AvgIpc) is 3.37. The van der Waals surface area contributed by atoms with Gasteiger partial charge in [-0.25, -0.2) is 4.98 Å². The zero-order valence-electron chi connectivity index (χ0n) is 21.0. The van der Waals surface area contributed by atoms with Crippen molar-refractivity contribution in [1.82, 2.24) is 9.97 Å². The second kappa shape index (κ2) is 7.54. The summed E-state index contributed by atoms with van der Waals surface area (Å²) < 4.78 is 12.6. The SMILES string of the molecule is Cc1ccc2c(n1)oc1c(-c3cc4oc(-c5c(C)cc(C(C)(C)C)cc5C)cc4cn3)cccc12. The summed E-state index contributed by atoms with van der Waals surface area (Å²) in [5.74, 6) is 0.871. The van der Waals surface area contributed by atoms with Crippen LogP contribution in [0.5, 0.6) is 0 Å². The van der Waals surface area contributed by atoms with Crippen molar-refractivity contribution in [3.05, 3.63) is 83.2 Å². The molecule has 0 saturated heterocycles. The molecule has 0 N–H and O–H groups in total. The largest absolute Gasteiger partial charge is 0.456 e. The van der Waals surface area contributed by atoms with E-state index in [1.165, 1.54) is 16.7 Å². The summed E-state index contributed by atoms with van der Waals surface area (Å²) in [5, 5.41) is 3.03. The quantitative estimate of drug-likeness (QED) is 0.259. The number of furan rings is 2. The molecule has 4 aromatic heterocycles. The van der Waals surface area contributed by atoms with E-state index in [1.54, 1.807) is 0 Å². The highest BCUT2D eigenvalue weighted by Crippen LogP contribution is 2.38. The second-order valence-electron chi connectivity index (χ2n) is 10.5. The first-order valence-electron chi connectivity index (χ1n) is 12.0. The maximum absolute atomic E-state index is 6.41. The molecule has 35 heavy (non-hydrogen) atoms. The molecule has 0 bridgehead atoms. The number of fused-ring (bicyclic) bond motifs is 4. The van der Waals surface area contributed by atoms with Crippen LogP contribution in [0.4, 0.5) is 0 Å². The second-order valence-corrected chi connectivity index (χ2v) is 10.5. The zero-order valence-corrected chi connectivity index (χ0v) is 21.0. The molecule has 174 valence electrons. The van der Waals surface area contributed by atoms with Crippen molar-refractivity contribution in [1.29, 1.82) is 0 Å². The number of aromatic nitrogens is 2. The van der Waals surface area contributed by atoms with Crippen molar-refractivity contribution < 1.29 is 8.83 Å². The van der Waals surface area contributed by atoms with Crippen LogP contribution in [0.15, 0.2) is 69.6 Å². The third kappa shape index (κ3) is 3.52. The van der Waals surface area contributed by atoms with Crippen LogP contribution in [0.3, 0.4) is 0 Å². The summed E-state index contributed by atoms with van der Waals surface area (Å²) >= 11 is 0. The molecular formula is C31H28N2O2. The topological polar surface area (TPSA) is 52.1 Å². The third-order valence-electron chi connectivity index (χ3n) is 6.83. The Kier molecular flexibility index (Phi) is 4.65. The van der Waals surface area contributed by atoms with Gasteiger partial charge in [0.25, 0.3) is 0 Å². The van der Waals surface area contributed by atoms with Crippen LogP contribution < -0.4 is 0 Å². The fourth-order valence-corrected chi connectivity index (χ4v) is 4.96. The van der Waals surface area contributed by atoms with Gasteiger partial charge in [0.15, 0.2) is 0 Å². The molecule has 0 saturated carbocycles. The van der Waals surface area contributed by atoms with Crippen molar-refractivity contribution in [3.63, 3.8) is 0 Å². The smallest absolute Gasteiger partial charge is 0.227 e. The monoisotopic (exact) mass is 460 g/mol. The molecule has 0 fully saturated rings. The van der Waals surface area contributed by atoms with E-state index >= 15 is 0 Å². The molecule has 4 nitrogen and oxygen atoms in total. The van der Waals surface area contributed by atoms with E-state index in [1.807, 2.05) is 37.4 Å². The molecule has 0 aliphatic heterocycles. The number of nitrogens with zero attached hydrogens (tertiary/aromatic N) is 2. The van der Waals surface area contributed by atoms with Gasteiger partial charge in [0.1, 0.15) is 16.9 Å². The average molecular weight is 461 g/mol. The maximum Gasteiger partial charge on any atom is 0.227 e. The molecule has 0 aliphatic carbocycles. The van der Waals surface area contributed by atoms with Crippen molar-refractivity contribution in [2.45, 2.75) is 47.0 Å². The lowest BCUT2D eigenvalue weighted by Gasteiger charge is -2.21. The minimum atomic E-state index is 0.104. The van der Waals surface area contributed by atoms with Gasteiger partial charge in [-0.1, -0.05) is 45.0 Å². The minimum Gasteiger partial charge on any atom is -0.456 e. The van der Waals surface area contributed by atoms with Crippen LogP contribution in [0.1, 0.15) is 43.2 Å². The van der Waals surface area contributed by atoms with Crippen LogP contribution in [0.2, 0.25) is 0 Å². The van der Waals surface area contributed by atoms with Crippen molar-refractivity contribution in [3.8, 4) is 22.6 Å². The highest BCUT2D eigenvalue weighted by atomic mass is 16.3. The molecule has 0 unspecified atom stereocenters. The van der Waals surface area contributed by atoms with Gasteiger partial charge < -0.3 is 8.83 Å². The summed E-state index contributed by atoms with van der Waals surface area (Å²) in [6.07, 6.45) is 1.88. The summed E-state index contributed by atoms with van der Waals surface area (Å²) in [6.45, 7) is 13.0. The Hall–Kier alpha value is -3.92. The van der Waals surface area contributed by atoms with Gasteiger partial charge in [-0.2, -0.15) is 0 Å². The molecule has 0 aliphatic rings. The lowest BCUT2D eigenvalue weighted by atomic mass is 9.83. The Balaban J connectivity index is 1.48. The molecular weight excluding hydrogens is 432 g/mol. The highest BCUT2D eigenvalue weighted by molar-refractivity contribution is 6.08. The van der Waals surface area contributed by atoms with Gasteiger partial charge >= 0.3 is 0 Å².